The van der Waals surface area contributed by atoms with Gasteiger partial charge in [-0.1, -0.05) is 40.0 Å². The quantitative estimate of drug-likeness (QED) is 0.347. The van der Waals surface area contributed by atoms with Crippen LogP contribution < -0.4 is 5.73 Å². The number of carbonyl (C=O) groups excluding carboxylic acids is 4. The number of aliphatic hydroxyl groups is 2. The van der Waals surface area contributed by atoms with Crippen molar-refractivity contribution in [2.24, 2.45) is 40.2 Å². The number of thiazole rings is 1. The standard InChI is InChI=1S/C17H22N4O3S.C11H21NO2.C7H14O.CHF3O.H2/c1-16(2)3-10(16)14(23)21-7-17(8-21)6-20(5-11(17)13(18)22)15(24)12-4-19-9-25-12;1-3-5-11(13)12-7-4-6-10(8-12)9-14-2;8-6-7-4-2-1-3-5-7;2-1(3,4)5;/h4,9-11H,3,5-8H2,1-2H3,(H2,18,22);10H,3-9H2,1-2H3;7-8H,1-6H2;5H;1H/t10-,11+;10-;;;/m10.../s1. The van der Waals surface area contributed by atoms with Gasteiger partial charge in [0.2, 0.25) is 17.7 Å². The zero-order chi connectivity index (χ0) is 38.7. The summed E-state index contributed by atoms with van der Waals surface area (Å²) >= 11 is 1.29. The third-order valence-electron chi connectivity index (χ3n) is 10.8. The maximum Gasteiger partial charge on any atom is 0.519 e. The van der Waals surface area contributed by atoms with Crippen molar-refractivity contribution < 1.29 is 48.7 Å². The third-order valence-corrected chi connectivity index (χ3v) is 11.5. The van der Waals surface area contributed by atoms with E-state index in [1.807, 2.05) is 9.80 Å². The van der Waals surface area contributed by atoms with Crippen molar-refractivity contribution >= 4 is 35.0 Å². The molecule has 1 aromatic heterocycles. The molecule has 0 unspecified atom stereocenters. The van der Waals surface area contributed by atoms with Crippen LogP contribution >= 0.6 is 11.3 Å². The van der Waals surface area contributed by atoms with Crippen molar-refractivity contribution in [2.45, 2.75) is 91.3 Å². The molecule has 3 atom stereocenters. The first-order valence-corrected chi connectivity index (χ1v) is 19.2. The van der Waals surface area contributed by atoms with Gasteiger partial charge in [-0.15, -0.1) is 24.5 Å². The van der Waals surface area contributed by atoms with Crippen molar-refractivity contribution in [1.82, 2.24) is 19.7 Å². The maximum absolute atomic E-state index is 12.6. The van der Waals surface area contributed by atoms with E-state index in [2.05, 4.69) is 25.8 Å². The van der Waals surface area contributed by atoms with Gasteiger partial charge < -0.3 is 35.4 Å². The zero-order valence-corrected chi connectivity index (χ0v) is 31.9. The van der Waals surface area contributed by atoms with Crippen LogP contribution in [0.1, 0.15) is 96.1 Å². The molecule has 5 fully saturated rings. The number of methoxy groups -OCH3 is 1. The minimum absolute atomic E-state index is 0. The largest absolute Gasteiger partial charge is 0.519 e. The molecule has 3 saturated heterocycles. The number of hydrogen-bond donors (Lipinski definition) is 3. The molecule has 2 aliphatic carbocycles. The fourth-order valence-electron chi connectivity index (χ4n) is 7.70. The summed E-state index contributed by atoms with van der Waals surface area (Å²) in [7, 11) is 1.73. The first kappa shape index (κ1) is 43.6. The number of nitrogens with zero attached hydrogens (tertiary/aromatic N) is 4. The van der Waals surface area contributed by atoms with Gasteiger partial charge in [0.05, 0.1) is 24.2 Å². The van der Waals surface area contributed by atoms with E-state index >= 15 is 0 Å². The number of halogens is 3. The molecule has 0 aromatic carbocycles. The highest BCUT2D eigenvalue weighted by molar-refractivity contribution is 7.11. The molecular weight excluding hydrogens is 703 g/mol. The van der Waals surface area contributed by atoms with Gasteiger partial charge in [-0.2, -0.15) is 0 Å². The summed E-state index contributed by atoms with van der Waals surface area (Å²) in [5.41, 5.74) is 6.93. The van der Waals surface area contributed by atoms with Crippen LogP contribution in [0.2, 0.25) is 0 Å². The van der Waals surface area contributed by atoms with E-state index in [4.69, 9.17) is 20.7 Å². The number of nitrogens with two attached hydrogens (primary N) is 1. The smallest absolute Gasteiger partial charge is 0.396 e. The number of ether oxygens (including phenoxy) is 1. The molecule has 4 N–H and O–H groups in total. The number of amides is 4. The first-order valence-electron chi connectivity index (χ1n) is 18.4. The first-order chi connectivity index (χ1) is 24.4. The third kappa shape index (κ3) is 12.9. The van der Waals surface area contributed by atoms with Crippen LogP contribution in [-0.2, 0) is 19.1 Å². The van der Waals surface area contributed by atoms with Crippen molar-refractivity contribution in [1.29, 1.82) is 0 Å². The molecule has 12 nitrogen and oxygen atoms in total. The molecule has 6 rings (SSSR count). The van der Waals surface area contributed by atoms with Crippen molar-refractivity contribution in [3.63, 3.8) is 0 Å². The number of piperidine rings is 1. The molecule has 16 heteroatoms. The highest BCUT2D eigenvalue weighted by atomic mass is 32.1. The Morgan fingerprint density at radius 3 is 2.08 bits per heavy atom. The molecule has 0 radical (unpaired) electrons. The fourth-order valence-corrected chi connectivity index (χ4v) is 8.28. The number of likely N-dealkylation sites (tertiary alicyclic amines) is 3. The number of primary amides is 1. The van der Waals surface area contributed by atoms with Crippen molar-refractivity contribution in [3.05, 3.63) is 16.6 Å². The van der Waals surface area contributed by atoms with Gasteiger partial charge in [0.25, 0.3) is 5.91 Å². The van der Waals surface area contributed by atoms with E-state index in [9.17, 15) is 32.3 Å². The van der Waals surface area contributed by atoms with Crippen LogP contribution in [0.4, 0.5) is 13.2 Å². The van der Waals surface area contributed by atoms with Crippen LogP contribution in [-0.4, -0.2) is 119 Å². The fraction of sp³-hybridized carbons (Fsp3) is 0.806. The van der Waals surface area contributed by atoms with Gasteiger partial charge in [0, 0.05) is 72.2 Å². The normalized spacial score (nSPS) is 24.6. The average Bonchev–Trinajstić information content (AvgIpc) is 3.44. The monoisotopic (exact) mass is 763 g/mol. The Morgan fingerprint density at radius 1 is 1.00 bits per heavy atom. The number of alkyl halides is 3. The van der Waals surface area contributed by atoms with Crippen molar-refractivity contribution in [3.8, 4) is 0 Å². The van der Waals surface area contributed by atoms with Gasteiger partial charge >= 0.3 is 6.36 Å². The van der Waals surface area contributed by atoms with Gasteiger partial charge in [0.15, 0.2) is 0 Å². The van der Waals surface area contributed by atoms with Gasteiger partial charge in [-0.25, -0.2) is 0 Å². The SMILES string of the molecule is CC1(C)C[C@@H]1C(=O)N1CC2(CN(C(=O)c3cncs3)C[C@H]2C(N)=O)C1.CCCC(=O)N1CCC[C@H](COC)C1.OC(F)(F)F.OCC1CCCCC1.[HH]. The number of aliphatic hydroxyl groups excluding tert-OH is 1. The Hall–Kier alpha value is -2.82. The molecule has 298 valence electrons. The van der Waals surface area contributed by atoms with Crippen LogP contribution in [0.3, 0.4) is 0 Å². The van der Waals surface area contributed by atoms with Gasteiger partial charge in [-0.3, -0.25) is 24.2 Å². The summed E-state index contributed by atoms with van der Waals surface area (Å²) in [6.45, 7) is 11.1. The minimum Gasteiger partial charge on any atom is -0.396 e. The van der Waals surface area contributed by atoms with E-state index in [0.717, 1.165) is 39.0 Å². The molecule has 1 spiro atoms. The second-order valence-corrected chi connectivity index (χ2v) is 16.4. The summed E-state index contributed by atoms with van der Waals surface area (Å²) in [4.78, 5) is 58.7. The molecule has 1 aromatic rings. The number of rotatable bonds is 8. The highest BCUT2D eigenvalue weighted by Crippen LogP contribution is 2.54. The Balaban J connectivity index is 0.000000292. The molecular formula is C36H60F3N5O7S. The van der Waals surface area contributed by atoms with Crippen LogP contribution in [0.5, 0.6) is 0 Å². The molecule has 0 bridgehead atoms. The predicted molar refractivity (Wildman–Crippen MR) is 192 cm³/mol. The van der Waals surface area contributed by atoms with Gasteiger partial charge in [0.1, 0.15) is 4.88 Å². The molecule has 5 aliphatic rings. The number of hydrogen-bond acceptors (Lipinski definition) is 9. The molecule has 52 heavy (non-hydrogen) atoms. The lowest BCUT2D eigenvalue weighted by Gasteiger charge is -2.50. The Labute approximate surface area is 310 Å². The lowest BCUT2D eigenvalue weighted by atomic mass is 9.71. The Bertz CT molecular complexity index is 1300. The second kappa shape index (κ2) is 19.5. The summed E-state index contributed by atoms with van der Waals surface area (Å²) in [5, 5.41) is 15.2. The van der Waals surface area contributed by atoms with E-state index in [0.29, 0.717) is 61.8 Å². The van der Waals surface area contributed by atoms with E-state index < -0.39 is 18.2 Å². The molecule has 4 heterocycles. The molecule has 3 aliphatic heterocycles. The Morgan fingerprint density at radius 2 is 1.60 bits per heavy atom. The highest BCUT2D eigenvalue weighted by Gasteiger charge is 2.61. The lowest BCUT2D eigenvalue weighted by Crippen LogP contribution is -2.64. The number of carbonyl (C=O) groups is 4. The van der Waals surface area contributed by atoms with Crippen LogP contribution in [0.25, 0.3) is 0 Å². The Kier molecular flexibility index (Phi) is 16.3. The summed E-state index contributed by atoms with van der Waals surface area (Å²) in [5.74, 6) is 0.865. The number of aromatic nitrogens is 1. The second-order valence-electron chi connectivity index (χ2n) is 15.5. The van der Waals surface area contributed by atoms with Crippen LogP contribution in [0, 0.1) is 34.5 Å². The van der Waals surface area contributed by atoms with Gasteiger partial charge in [-0.05, 0) is 55.8 Å². The van der Waals surface area contributed by atoms with E-state index in [-0.39, 0.29) is 30.0 Å². The lowest BCUT2D eigenvalue weighted by molar-refractivity contribution is -0.295. The van der Waals surface area contributed by atoms with E-state index in [1.165, 1.54) is 49.9 Å². The average molecular weight is 764 g/mol. The maximum atomic E-state index is 12.6. The van der Waals surface area contributed by atoms with Crippen LogP contribution in [0.15, 0.2) is 11.7 Å². The topological polar surface area (TPSA) is 167 Å². The van der Waals surface area contributed by atoms with E-state index in [1.54, 1.807) is 23.7 Å². The molecule has 2 saturated carbocycles. The predicted octanol–water partition coefficient (Wildman–Crippen LogP) is 4.55. The molecule has 4 amide bonds. The summed E-state index contributed by atoms with van der Waals surface area (Å²) in [6, 6.07) is 0. The van der Waals surface area contributed by atoms with Crippen molar-refractivity contribution in [2.75, 3.05) is 59.6 Å². The summed E-state index contributed by atoms with van der Waals surface area (Å²) in [6.07, 6.45) is 8.02. The zero-order valence-electron chi connectivity index (χ0n) is 31.0. The minimum atomic E-state index is -5.00. The summed E-state index contributed by atoms with van der Waals surface area (Å²) < 4.78 is 34.9.